The molecule has 1 heterocycles. The Bertz CT molecular complexity index is 545. The highest BCUT2D eigenvalue weighted by Crippen LogP contribution is 2.30. The number of halogens is 3. The third kappa shape index (κ3) is 4.70. The van der Waals surface area contributed by atoms with E-state index in [-0.39, 0.29) is 11.8 Å². The summed E-state index contributed by atoms with van der Waals surface area (Å²) >= 11 is 0. The number of carbonyl (C=O) groups excluding carboxylic acids is 1. The molecule has 1 fully saturated rings. The summed E-state index contributed by atoms with van der Waals surface area (Å²) in [6.07, 6.45) is -3.04. The van der Waals surface area contributed by atoms with Crippen molar-refractivity contribution in [3.63, 3.8) is 0 Å². The number of likely N-dealkylation sites (tertiary alicyclic amines) is 1. The zero-order chi connectivity index (χ0) is 17.0. The first-order valence-corrected chi connectivity index (χ1v) is 7.90. The smallest absolute Gasteiger partial charge is 0.342 e. The molecule has 3 nitrogen and oxygen atoms in total. The Hall–Kier alpha value is -1.56. The predicted molar refractivity (Wildman–Crippen MR) is 82.9 cm³/mol. The number of hydrogen-bond acceptors (Lipinski definition) is 2. The van der Waals surface area contributed by atoms with Crippen LogP contribution in [0, 0.1) is 11.8 Å². The first-order valence-electron chi connectivity index (χ1n) is 7.90. The van der Waals surface area contributed by atoms with Gasteiger partial charge in [-0.2, -0.15) is 13.2 Å². The van der Waals surface area contributed by atoms with Gasteiger partial charge in [0.1, 0.15) is 0 Å². The molecule has 2 unspecified atom stereocenters. The van der Waals surface area contributed by atoms with Crippen LogP contribution in [0.5, 0.6) is 0 Å². The minimum atomic E-state index is -4.35. The summed E-state index contributed by atoms with van der Waals surface area (Å²) in [5.74, 6) is 0.178. The van der Waals surface area contributed by atoms with Gasteiger partial charge in [0.25, 0.3) is 0 Å². The topological polar surface area (TPSA) is 32.3 Å². The van der Waals surface area contributed by atoms with Crippen LogP contribution in [0.15, 0.2) is 24.3 Å². The van der Waals surface area contributed by atoms with Crippen LogP contribution < -0.4 is 5.32 Å². The molecular formula is C17H23F3N2O. The zero-order valence-corrected chi connectivity index (χ0v) is 13.5. The lowest BCUT2D eigenvalue weighted by molar-refractivity contribution is -0.137. The molecule has 0 aliphatic carbocycles. The van der Waals surface area contributed by atoms with E-state index in [2.05, 4.69) is 5.32 Å². The van der Waals surface area contributed by atoms with Gasteiger partial charge in [-0.05, 0) is 44.0 Å². The maximum atomic E-state index is 12.7. The molecule has 0 saturated carbocycles. The minimum Gasteiger partial charge on any atom is -0.342 e. The highest BCUT2D eigenvalue weighted by molar-refractivity contribution is 5.79. The van der Waals surface area contributed by atoms with Crippen LogP contribution in [-0.4, -0.2) is 37.5 Å². The van der Waals surface area contributed by atoms with E-state index in [1.165, 1.54) is 6.07 Å². The molecule has 1 aromatic rings. The molecule has 0 radical (unpaired) electrons. The fourth-order valence-electron chi connectivity index (χ4n) is 3.12. The van der Waals surface area contributed by atoms with Gasteiger partial charge in [0.2, 0.25) is 5.91 Å². The van der Waals surface area contributed by atoms with Crippen molar-refractivity contribution in [2.45, 2.75) is 25.9 Å². The number of nitrogens with one attached hydrogen (secondary N) is 1. The number of carbonyl (C=O) groups is 1. The Morgan fingerprint density at radius 3 is 2.83 bits per heavy atom. The Balaban J connectivity index is 1.96. The van der Waals surface area contributed by atoms with Gasteiger partial charge in [0.15, 0.2) is 0 Å². The molecular weight excluding hydrogens is 305 g/mol. The maximum Gasteiger partial charge on any atom is 0.416 e. The molecule has 6 heteroatoms. The van der Waals surface area contributed by atoms with Crippen LogP contribution in [-0.2, 0) is 17.4 Å². The molecule has 2 atom stereocenters. The second-order valence-electron chi connectivity index (χ2n) is 6.30. The van der Waals surface area contributed by atoms with E-state index >= 15 is 0 Å². The minimum absolute atomic E-state index is 0.0287. The van der Waals surface area contributed by atoms with Gasteiger partial charge in [-0.1, -0.05) is 25.1 Å². The first-order chi connectivity index (χ1) is 10.8. The van der Waals surface area contributed by atoms with Crippen molar-refractivity contribution in [3.8, 4) is 0 Å². The van der Waals surface area contributed by atoms with Crippen LogP contribution in [0.4, 0.5) is 13.2 Å². The van der Waals surface area contributed by atoms with Crippen molar-refractivity contribution in [1.82, 2.24) is 10.2 Å². The van der Waals surface area contributed by atoms with Crippen molar-refractivity contribution in [3.05, 3.63) is 35.4 Å². The predicted octanol–water partition coefficient (Wildman–Crippen LogP) is 2.95. The highest BCUT2D eigenvalue weighted by Gasteiger charge is 2.31. The van der Waals surface area contributed by atoms with Gasteiger partial charge in [0, 0.05) is 19.0 Å². The summed E-state index contributed by atoms with van der Waals surface area (Å²) in [6, 6.07) is 5.23. The lowest BCUT2D eigenvalue weighted by atomic mass is 9.98. The van der Waals surface area contributed by atoms with Crippen molar-refractivity contribution in [2.24, 2.45) is 11.8 Å². The summed E-state index contributed by atoms with van der Waals surface area (Å²) in [6.45, 7) is 4.13. The molecule has 1 aliphatic heterocycles. The summed E-state index contributed by atoms with van der Waals surface area (Å²) in [4.78, 5) is 14.3. The normalized spacial score (nSPS) is 19.9. The number of nitrogens with zero attached hydrogens (tertiary/aromatic N) is 1. The molecule has 23 heavy (non-hydrogen) atoms. The molecule has 0 spiro atoms. The Morgan fingerprint density at radius 2 is 2.17 bits per heavy atom. The lowest BCUT2D eigenvalue weighted by Gasteiger charge is -2.21. The van der Waals surface area contributed by atoms with Crippen LogP contribution in [0.3, 0.4) is 0 Å². The third-order valence-corrected chi connectivity index (χ3v) is 4.31. The fraction of sp³-hybridized carbons (Fsp3) is 0.588. The van der Waals surface area contributed by atoms with E-state index in [0.717, 1.165) is 38.2 Å². The quantitative estimate of drug-likeness (QED) is 0.901. The lowest BCUT2D eigenvalue weighted by Crippen LogP contribution is -2.35. The molecule has 1 N–H and O–H groups in total. The van der Waals surface area contributed by atoms with E-state index in [4.69, 9.17) is 0 Å². The molecule has 1 amide bonds. The summed E-state index contributed by atoms with van der Waals surface area (Å²) in [5, 5.41) is 3.11. The monoisotopic (exact) mass is 328 g/mol. The van der Waals surface area contributed by atoms with Gasteiger partial charge in [-0.3, -0.25) is 4.79 Å². The second kappa shape index (κ2) is 7.34. The molecule has 128 valence electrons. The second-order valence-corrected chi connectivity index (χ2v) is 6.30. The maximum absolute atomic E-state index is 12.7. The Kier molecular flexibility index (Phi) is 5.68. The average molecular weight is 328 g/mol. The molecule has 1 aromatic carbocycles. The van der Waals surface area contributed by atoms with E-state index in [0.29, 0.717) is 17.9 Å². The largest absolute Gasteiger partial charge is 0.416 e. The first kappa shape index (κ1) is 17.8. The number of alkyl halides is 3. The summed E-state index contributed by atoms with van der Waals surface area (Å²) in [5.41, 5.74) is -0.114. The Morgan fingerprint density at radius 1 is 1.43 bits per heavy atom. The summed E-state index contributed by atoms with van der Waals surface area (Å²) < 4.78 is 38.2. The van der Waals surface area contributed by atoms with Crippen LogP contribution >= 0.6 is 0 Å². The van der Waals surface area contributed by atoms with Crippen LogP contribution in [0.2, 0.25) is 0 Å². The number of rotatable bonds is 5. The average Bonchev–Trinajstić information content (AvgIpc) is 2.95. The van der Waals surface area contributed by atoms with Crippen LogP contribution in [0.1, 0.15) is 24.5 Å². The van der Waals surface area contributed by atoms with E-state index in [1.54, 1.807) is 13.0 Å². The van der Waals surface area contributed by atoms with Gasteiger partial charge in [-0.25, -0.2) is 0 Å². The van der Waals surface area contributed by atoms with E-state index in [9.17, 15) is 18.0 Å². The number of benzene rings is 1. The zero-order valence-electron chi connectivity index (χ0n) is 13.5. The molecule has 1 aliphatic rings. The Labute approximate surface area is 134 Å². The molecule has 0 aromatic heterocycles. The van der Waals surface area contributed by atoms with Crippen LogP contribution in [0.25, 0.3) is 0 Å². The number of amides is 1. The fourth-order valence-corrected chi connectivity index (χ4v) is 3.12. The third-order valence-electron chi connectivity index (χ3n) is 4.31. The highest BCUT2D eigenvalue weighted by atomic mass is 19.4. The van der Waals surface area contributed by atoms with Gasteiger partial charge < -0.3 is 10.2 Å². The molecule has 0 bridgehead atoms. The van der Waals surface area contributed by atoms with Crippen molar-refractivity contribution < 1.29 is 18.0 Å². The SMILES string of the molecule is CNCC1CCN(C(=O)C(C)Cc2cccc(C(F)(F)F)c2)C1. The van der Waals surface area contributed by atoms with Crippen molar-refractivity contribution >= 4 is 5.91 Å². The van der Waals surface area contributed by atoms with Gasteiger partial charge >= 0.3 is 6.18 Å². The van der Waals surface area contributed by atoms with Gasteiger partial charge in [0.05, 0.1) is 5.56 Å². The van der Waals surface area contributed by atoms with E-state index < -0.39 is 11.7 Å². The standard InChI is InChI=1S/C17H23F3N2O/c1-12(16(23)22-7-6-14(11-22)10-21-2)8-13-4-3-5-15(9-13)17(18,19)20/h3-5,9,12,14,21H,6-8,10-11H2,1-2H3. The van der Waals surface area contributed by atoms with Crippen molar-refractivity contribution in [1.29, 1.82) is 0 Å². The molecule has 2 rings (SSSR count). The number of hydrogen-bond donors (Lipinski definition) is 1. The van der Waals surface area contributed by atoms with E-state index in [1.807, 2.05) is 11.9 Å². The molecule has 1 saturated heterocycles. The summed E-state index contributed by atoms with van der Waals surface area (Å²) in [7, 11) is 1.89. The van der Waals surface area contributed by atoms with Crippen molar-refractivity contribution in [2.75, 3.05) is 26.7 Å². The van der Waals surface area contributed by atoms with Gasteiger partial charge in [-0.15, -0.1) is 0 Å².